The van der Waals surface area contributed by atoms with Gasteiger partial charge in [0.25, 0.3) is 0 Å². The molecule has 1 fully saturated rings. The third-order valence-corrected chi connectivity index (χ3v) is 5.85. The van der Waals surface area contributed by atoms with Crippen molar-refractivity contribution < 1.29 is 0 Å². The van der Waals surface area contributed by atoms with Crippen LogP contribution in [0.2, 0.25) is 0 Å². The van der Waals surface area contributed by atoms with Crippen molar-refractivity contribution in [1.82, 2.24) is 0 Å². The van der Waals surface area contributed by atoms with Crippen LogP contribution in [-0.2, 0) is 0 Å². The Morgan fingerprint density at radius 1 is 1.25 bits per heavy atom. The minimum absolute atomic E-state index is 0.876. The molecule has 0 nitrogen and oxygen atoms in total. The van der Waals surface area contributed by atoms with Crippen LogP contribution in [0.1, 0.15) is 66.7 Å². The Hall–Kier alpha value is 0.350. The molecule has 1 aliphatic heterocycles. The second-order valence-corrected chi connectivity index (χ2v) is 7.77. The molecule has 4 atom stereocenters. The highest BCUT2D eigenvalue weighted by Gasteiger charge is 2.31. The van der Waals surface area contributed by atoms with Crippen molar-refractivity contribution >= 4 is 11.8 Å². The SMILES string of the molecule is CCC(C)CC1CC(C)C(CCC(C)C)S1. The number of rotatable bonds is 6. The number of hydrogen-bond acceptors (Lipinski definition) is 1. The molecule has 1 saturated heterocycles. The molecule has 1 heterocycles. The van der Waals surface area contributed by atoms with Gasteiger partial charge in [0.2, 0.25) is 0 Å². The zero-order valence-electron chi connectivity index (χ0n) is 11.8. The van der Waals surface area contributed by atoms with Crippen LogP contribution < -0.4 is 0 Å². The third-order valence-electron chi connectivity index (χ3n) is 4.03. The molecule has 0 spiro atoms. The van der Waals surface area contributed by atoms with E-state index in [0.717, 1.165) is 28.3 Å². The van der Waals surface area contributed by atoms with Gasteiger partial charge in [0.1, 0.15) is 0 Å². The van der Waals surface area contributed by atoms with Crippen LogP contribution in [0, 0.1) is 17.8 Å². The lowest BCUT2D eigenvalue weighted by molar-refractivity contribution is 0.439. The normalized spacial score (nSPS) is 32.2. The largest absolute Gasteiger partial charge is 0.155 e. The first-order valence-corrected chi connectivity index (χ1v) is 8.12. The van der Waals surface area contributed by atoms with Gasteiger partial charge in [0, 0.05) is 10.5 Å². The highest BCUT2D eigenvalue weighted by Crippen LogP contribution is 2.43. The van der Waals surface area contributed by atoms with Crippen LogP contribution in [0.3, 0.4) is 0 Å². The van der Waals surface area contributed by atoms with E-state index in [2.05, 4.69) is 46.4 Å². The first kappa shape index (κ1) is 14.4. The summed E-state index contributed by atoms with van der Waals surface area (Å²) in [6.07, 6.45) is 7.13. The summed E-state index contributed by atoms with van der Waals surface area (Å²) in [5, 5.41) is 1.92. The molecule has 1 aliphatic rings. The minimum Gasteiger partial charge on any atom is -0.155 e. The van der Waals surface area contributed by atoms with Gasteiger partial charge in [-0.2, -0.15) is 11.8 Å². The molecule has 0 aliphatic carbocycles. The van der Waals surface area contributed by atoms with Crippen LogP contribution in [0.4, 0.5) is 0 Å². The lowest BCUT2D eigenvalue weighted by Crippen LogP contribution is -2.08. The molecule has 0 saturated carbocycles. The van der Waals surface area contributed by atoms with E-state index in [9.17, 15) is 0 Å². The molecule has 0 aromatic carbocycles. The van der Waals surface area contributed by atoms with Gasteiger partial charge in [-0.3, -0.25) is 0 Å². The highest BCUT2D eigenvalue weighted by atomic mass is 32.2. The van der Waals surface area contributed by atoms with Crippen molar-refractivity contribution in [2.75, 3.05) is 0 Å². The topological polar surface area (TPSA) is 0 Å². The summed E-state index contributed by atoms with van der Waals surface area (Å²) in [6.45, 7) is 11.9. The molecule has 1 rings (SSSR count). The fourth-order valence-corrected chi connectivity index (χ4v) is 4.62. The van der Waals surface area contributed by atoms with E-state index in [1.807, 2.05) is 0 Å². The third kappa shape index (κ3) is 4.69. The summed E-state index contributed by atoms with van der Waals surface area (Å²) in [5.41, 5.74) is 0. The van der Waals surface area contributed by atoms with Gasteiger partial charge in [0.15, 0.2) is 0 Å². The van der Waals surface area contributed by atoms with Gasteiger partial charge in [-0.05, 0) is 43.4 Å². The Labute approximate surface area is 107 Å². The maximum absolute atomic E-state index is 2.47. The predicted molar refractivity (Wildman–Crippen MR) is 77.1 cm³/mol. The molecule has 0 aromatic rings. The van der Waals surface area contributed by atoms with E-state index in [-0.39, 0.29) is 0 Å². The number of hydrogen-bond donors (Lipinski definition) is 0. The quantitative estimate of drug-likeness (QED) is 0.603. The Balaban J connectivity index is 2.29. The van der Waals surface area contributed by atoms with Crippen molar-refractivity contribution in [1.29, 1.82) is 0 Å². The van der Waals surface area contributed by atoms with E-state index in [0.29, 0.717) is 0 Å². The minimum atomic E-state index is 0.876. The molecule has 0 amide bonds. The summed E-state index contributed by atoms with van der Waals surface area (Å²) in [5.74, 6) is 2.76. The van der Waals surface area contributed by atoms with Crippen LogP contribution >= 0.6 is 11.8 Å². The summed E-state index contributed by atoms with van der Waals surface area (Å²) in [6, 6.07) is 0. The van der Waals surface area contributed by atoms with Gasteiger partial charge >= 0.3 is 0 Å². The summed E-state index contributed by atoms with van der Waals surface area (Å²) < 4.78 is 0. The van der Waals surface area contributed by atoms with Gasteiger partial charge in [-0.25, -0.2) is 0 Å². The van der Waals surface area contributed by atoms with Crippen molar-refractivity contribution in [3.05, 3.63) is 0 Å². The Kier molecular flexibility index (Phi) is 6.25. The first-order valence-electron chi connectivity index (χ1n) is 7.18. The maximum Gasteiger partial charge on any atom is 0.00759 e. The molecule has 0 N–H and O–H groups in total. The van der Waals surface area contributed by atoms with Crippen LogP contribution in [0.15, 0.2) is 0 Å². The lowest BCUT2D eigenvalue weighted by atomic mass is 9.93. The van der Waals surface area contributed by atoms with Crippen molar-refractivity contribution in [3.63, 3.8) is 0 Å². The average molecular weight is 242 g/mol. The zero-order valence-corrected chi connectivity index (χ0v) is 12.6. The van der Waals surface area contributed by atoms with Gasteiger partial charge in [-0.1, -0.05) is 41.0 Å². The van der Waals surface area contributed by atoms with E-state index in [1.54, 1.807) is 0 Å². The molecule has 4 unspecified atom stereocenters. The fourth-order valence-electron chi connectivity index (χ4n) is 2.62. The molecule has 96 valence electrons. The van der Waals surface area contributed by atoms with Crippen LogP contribution in [-0.4, -0.2) is 10.5 Å². The standard InChI is InChI=1S/C15H30S/c1-6-12(4)9-14-10-13(5)15(16-14)8-7-11(2)3/h11-15H,6-10H2,1-5H3. The Morgan fingerprint density at radius 2 is 1.94 bits per heavy atom. The van der Waals surface area contributed by atoms with Gasteiger partial charge in [0.05, 0.1) is 0 Å². The molecular weight excluding hydrogens is 212 g/mol. The molecule has 16 heavy (non-hydrogen) atoms. The van der Waals surface area contributed by atoms with Crippen LogP contribution in [0.5, 0.6) is 0 Å². The first-order chi connectivity index (χ1) is 7.52. The van der Waals surface area contributed by atoms with E-state index in [1.165, 1.54) is 32.1 Å². The van der Waals surface area contributed by atoms with Crippen molar-refractivity contribution in [2.24, 2.45) is 17.8 Å². The number of thioether (sulfide) groups is 1. The highest BCUT2D eigenvalue weighted by molar-refractivity contribution is 8.00. The van der Waals surface area contributed by atoms with E-state index >= 15 is 0 Å². The second kappa shape index (κ2) is 6.93. The molecule has 0 bridgehead atoms. The molecule has 0 radical (unpaired) electrons. The fraction of sp³-hybridized carbons (Fsp3) is 1.00. The van der Waals surface area contributed by atoms with Gasteiger partial charge < -0.3 is 0 Å². The van der Waals surface area contributed by atoms with Gasteiger partial charge in [-0.15, -0.1) is 0 Å². The lowest BCUT2D eigenvalue weighted by Gasteiger charge is -2.16. The summed E-state index contributed by atoms with van der Waals surface area (Å²) >= 11 is 2.30. The van der Waals surface area contributed by atoms with E-state index in [4.69, 9.17) is 0 Å². The molecule has 0 aromatic heterocycles. The average Bonchev–Trinajstić information content (AvgIpc) is 2.55. The van der Waals surface area contributed by atoms with Crippen molar-refractivity contribution in [2.45, 2.75) is 77.2 Å². The predicted octanol–water partition coefficient (Wildman–Crippen LogP) is 5.37. The van der Waals surface area contributed by atoms with E-state index < -0.39 is 0 Å². The summed E-state index contributed by atoms with van der Waals surface area (Å²) in [4.78, 5) is 0. The Bertz CT molecular complexity index is 188. The molecule has 1 heteroatoms. The Morgan fingerprint density at radius 3 is 2.50 bits per heavy atom. The maximum atomic E-state index is 2.47. The van der Waals surface area contributed by atoms with Crippen LogP contribution in [0.25, 0.3) is 0 Å². The van der Waals surface area contributed by atoms with Crippen molar-refractivity contribution in [3.8, 4) is 0 Å². The monoisotopic (exact) mass is 242 g/mol. The zero-order chi connectivity index (χ0) is 12.1. The second-order valence-electron chi connectivity index (χ2n) is 6.23. The smallest absolute Gasteiger partial charge is 0.00759 e. The molecular formula is C15H30S. The summed E-state index contributed by atoms with van der Waals surface area (Å²) in [7, 11) is 0.